The first-order valence-electron chi connectivity index (χ1n) is 15.1. The molecule has 1 atom stereocenters. The Balaban J connectivity index is 0.000000459. The van der Waals surface area contributed by atoms with Crippen molar-refractivity contribution in [2.24, 2.45) is 11.5 Å². The summed E-state index contributed by atoms with van der Waals surface area (Å²) in [7, 11) is 1.49. The van der Waals surface area contributed by atoms with Crippen molar-refractivity contribution in [2.75, 3.05) is 113 Å². The van der Waals surface area contributed by atoms with E-state index in [2.05, 4.69) is 5.32 Å². The van der Waals surface area contributed by atoms with Gasteiger partial charge in [0.05, 0.1) is 110 Å². The molecule has 3 amide bonds. The Kier molecular flexibility index (Phi) is 24.5. The second kappa shape index (κ2) is 27.5. The third-order valence-electron chi connectivity index (χ3n) is 6.02. The number of hydrogen-bond acceptors (Lipinski definition) is 13. The summed E-state index contributed by atoms with van der Waals surface area (Å²) in [5.41, 5.74) is 11.2. The largest absolute Gasteiger partial charge is 0.378 e. The van der Waals surface area contributed by atoms with Crippen LogP contribution < -0.4 is 16.8 Å². The SMILES string of the molecule is CNC(=O)CCC(C=O)N1C(=O)c2ccccc2C1=O.NCCOCCOCCOCCOCCOCCOCCOCCN. The molecule has 1 aliphatic heterocycles. The third-order valence-corrected chi connectivity index (χ3v) is 6.02. The smallest absolute Gasteiger partial charge is 0.262 e. The topological polar surface area (TPSA) is 200 Å². The highest BCUT2D eigenvalue weighted by Crippen LogP contribution is 2.25. The Bertz CT molecular complexity index is 897. The Morgan fingerprint density at radius 3 is 1.31 bits per heavy atom. The van der Waals surface area contributed by atoms with Gasteiger partial charge in [0.25, 0.3) is 11.8 Å². The van der Waals surface area contributed by atoms with Crippen LogP contribution in [0.3, 0.4) is 0 Å². The fraction of sp³-hybridized carbons (Fsp3) is 0.667. The fourth-order valence-corrected chi connectivity index (χ4v) is 3.76. The molecule has 1 aromatic rings. The molecule has 2 rings (SSSR count). The van der Waals surface area contributed by atoms with Gasteiger partial charge in [-0.15, -0.1) is 0 Å². The van der Waals surface area contributed by atoms with Crippen molar-refractivity contribution >= 4 is 24.0 Å². The monoisotopic (exact) mass is 642 g/mol. The Hall–Kier alpha value is -2.86. The average Bonchev–Trinajstić information content (AvgIpc) is 3.31. The van der Waals surface area contributed by atoms with Gasteiger partial charge in [-0.1, -0.05) is 12.1 Å². The summed E-state index contributed by atoms with van der Waals surface area (Å²) < 4.78 is 37.1. The van der Waals surface area contributed by atoms with Crippen LogP contribution in [0.2, 0.25) is 0 Å². The highest BCUT2D eigenvalue weighted by Gasteiger charge is 2.39. The number of imide groups is 1. The number of nitrogens with two attached hydrogens (primary N) is 2. The Morgan fingerprint density at radius 1 is 0.689 bits per heavy atom. The number of carbonyl (C=O) groups is 4. The van der Waals surface area contributed by atoms with Crippen molar-refractivity contribution < 1.29 is 52.3 Å². The predicted octanol–water partition coefficient (Wildman–Crippen LogP) is -0.604. The average molecular weight is 643 g/mol. The number of nitrogens with zero attached hydrogens (tertiary/aromatic N) is 1. The molecule has 1 aromatic carbocycles. The van der Waals surface area contributed by atoms with Gasteiger partial charge in [-0.05, 0) is 18.6 Å². The molecular formula is C30H50N4O11. The quantitative estimate of drug-likeness (QED) is 0.0625. The van der Waals surface area contributed by atoms with E-state index >= 15 is 0 Å². The maximum atomic E-state index is 12.2. The minimum Gasteiger partial charge on any atom is -0.378 e. The number of rotatable bonds is 27. The first kappa shape index (κ1) is 40.2. The summed E-state index contributed by atoms with van der Waals surface area (Å²) in [6.45, 7) is 8.79. The molecule has 1 unspecified atom stereocenters. The summed E-state index contributed by atoms with van der Waals surface area (Å²) in [4.78, 5) is 47.6. The minimum absolute atomic E-state index is 0.0767. The van der Waals surface area contributed by atoms with Crippen LogP contribution in [0.5, 0.6) is 0 Å². The van der Waals surface area contributed by atoms with Gasteiger partial charge in [-0.25, -0.2) is 0 Å². The molecule has 0 aliphatic carbocycles. The van der Waals surface area contributed by atoms with E-state index in [-0.39, 0.29) is 18.7 Å². The number of aldehydes is 1. The van der Waals surface area contributed by atoms with Crippen LogP contribution in [0, 0.1) is 0 Å². The number of carbonyl (C=O) groups excluding carboxylic acids is 4. The molecule has 1 aliphatic rings. The summed E-state index contributed by atoms with van der Waals surface area (Å²) in [6.07, 6.45) is 0.729. The van der Waals surface area contributed by atoms with E-state index in [1.807, 2.05) is 0 Å². The van der Waals surface area contributed by atoms with Crippen molar-refractivity contribution in [3.63, 3.8) is 0 Å². The zero-order chi connectivity index (χ0) is 33.0. The minimum atomic E-state index is -0.917. The fourth-order valence-electron chi connectivity index (χ4n) is 3.76. The van der Waals surface area contributed by atoms with Gasteiger partial charge >= 0.3 is 0 Å². The van der Waals surface area contributed by atoms with Crippen molar-refractivity contribution in [2.45, 2.75) is 18.9 Å². The van der Waals surface area contributed by atoms with E-state index < -0.39 is 17.9 Å². The summed E-state index contributed by atoms with van der Waals surface area (Å²) in [5, 5.41) is 2.43. The molecule has 1 heterocycles. The Labute approximate surface area is 265 Å². The van der Waals surface area contributed by atoms with E-state index in [1.165, 1.54) is 7.05 Å². The van der Waals surface area contributed by atoms with Gasteiger partial charge in [-0.3, -0.25) is 19.3 Å². The summed E-state index contributed by atoms with van der Waals surface area (Å²) in [6, 6.07) is 5.51. The number of fused-ring (bicyclic) bond motifs is 1. The molecule has 256 valence electrons. The van der Waals surface area contributed by atoms with Crippen LogP contribution in [0.15, 0.2) is 24.3 Å². The van der Waals surface area contributed by atoms with Crippen molar-refractivity contribution in [3.8, 4) is 0 Å². The molecule has 0 bridgehead atoms. The zero-order valence-corrected chi connectivity index (χ0v) is 26.3. The molecule has 0 fully saturated rings. The van der Waals surface area contributed by atoms with Crippen molar-refractivity contribution in [3.05, 3.63) is 35.4 Å². The third kappa shape index (κ3) is 18.0. The van der Waals surface area contributed by atoms with Gasteiger partial charge < -0.3 is 54.7 Å². The van der Waals surface area contributed by atoms with E-state index in [9.17, 15) is 19.2 Å². The molecule has 0 aromatic heterocycles. The van der Waals surface area contributed by atoms with Gasteiger partial charge in [0.1, 0.15) is 6.29 Å². The van der Waals surface area contributed by atoms with Gasteiger partial charge in [0.2, 0.25) is 5.91 Å². The summed E-state index contributed by atoms with van der Waals surface area (Å²) >= 11 is 0. The maximum absolute atomic E-state index is 12.2. The van der Waals surface area contributed by atoms with Gasteiger partial charge in [0, 0.05) is 26.6 Å². The molecule has 15 heteroatoms. The number of hydrogen-bond donors (Lipinski definition) is 3. The van der Waals surface area contributed by atoms with Crippen LogP contribution in [0.1, 0.15) is 33.6 Å². The normalized spacial score (nSPS) is 12.9. The highest BCUT2D eigenvalue weighted by molar-refractivity contribution is 6.22. The van der Waals surface area contributed by atoms with Crippen LogP contribution in [0.25, 0.3) is 0 Å². The van der Waals surface area contributed by atoms with Crippen molar-refractivity contribution in [1.29, 1.82) is 0 Å². The van der Waals surface area contributed by atoms with Crippen molar-refractivity contribution in [1.82, 2.24) is 10.2 Å². The molecule has 0 saturated carbocycles. The number of nitrogens with one attached hydrogen (secondary N) is 1. The first-order valence-corrected chi connectivity index (χ1v) is 15.1. The van der Waals surface area contributed by atoms with Crippen LogP contribution in [-0.2, 0) is 42.7 Å². The van der Waals surface area contributed by atoms with Crippen LogP contribution in [0.4, 0.5) is 0 Å². The maximum Gasteiger partial charge on any atom is 0.262 e. The lowest BCUT2D eigenvalue weighted by Crippen LogP contribution is -2.41. The second-order valence-electron chi connectivity index (χ2n) is 9.31. The number of amides is 3. The highest BCUT2D eigenvalue weighted by atomic mass is 16.6. The van der Waals surface area contributed by atoms with E-state index in [0.717, 1.165) is 4.90 Å². The lowest BCUT2D eigenvalue weighted by Gasteiger charge is -2.20. The van der Waals surface area contributed by atoms with Gasteiger partial charge in [-0.2, -0.15) is 0 Å². The molecule has 0 saturated heterocycles. The molecule has 0 spiro atoms. The first-order chi connectivity index (χ1) is 22.0. The lowest BCUT2D eigenvalue weighted by molar-refractivity contribution is -0.121. The molecular weight excluding hydrogens is 592 g/mol. The van der Waals surface area contributed by atoms with Gasteiger partial charge in [0.15, 0.2) is 0 Å². The standard InChI is InChI=1S/C16H36N2O7.C14H14N2O4/c17-1-3-19-5-7-21-9-11-23-13-15-25-16-14-24-12-10-22-8-6-20-4-2-18;1-15-12(18)7-6-9(8-17)16-13(19)10-4-2-3-5-11(10)14(16)20/h1-18H2;2-5,8-9H,6-7H2,1H3,(H,15,18). The second-order valence-corrected chi connectivity index (χ2v) is 9.31. The Morgan fingerprint density at radius 2 is 1.02 bits per heavy atom. The lowest BCUT2D eigenvalue weighted by atomic mass is 10.1. The van der Waals surface area contributed by atoms with E-state index in [0.29, 0.717) is 123 Å². The summed E-state index contributed by atoms with van der Waals surface area (Å²) in [5.74, 6) is -1.22. The van der Waals surface area contributed by atoms with E-state index in [4.69, 9.17) is 44.6 Å². The van der Waals surface area contributed by atoms with Crippen LogP contribution >= 0.6 is 0 Å². The molecule has 0 radical (unpaired) electrons. The van der Waals surface area contributed by atoms with E-state index in [1.54, 1.807) is 24.3 Å². The number of ether oxygens (including phenoxy) is 7. The number of benzene rings is 1. The molecule has 5 N–H and O–H groups in total. The molecule has 45 heavy (non-hydrogen) atoms. The van der Waals surface area contributed by atoms with Crippen LogP contribution in [-0.4, -0.2) is 148 Å². The molecule has 15 nitrogen and oxygen atoms in total. The predicted molar refractivity (Wildman–Crippen MR) is 164 cm³/mol. The zero-order valence-electron chi connectivity index (χ0n) is 26.3.